The molecule has 1 atom stereocenters. The van der Waals surface area contributed by atoms with Crippen LogP contribution >= 0.6 is 0 Å². The minimum atomic E-state index is -0.714. The van der Waals surface area contributed by atoms with Crippen LogP contribution in [0.2, 0.25) is 0 Å². The molecule has 1 rings (SSSR count). The third kappa shape index (κ3) is 6.78. The Bertz CT molecular complexity index is 452. The Morgan fingerprint density at radius 3 is 2.35 bits per heavy atom. The van der Waals surface area contributed by atoms with Crippen LogP contribution in [0, 0.1) is 0 Å². The summed E-state index contributed by atoms with van der Waals surface area (Å²) in [5.41, 5.74) is 0.322. The molecule has 0 unspecified atom stereocenters. The first-order valence-corrected chi connectivity index (χ1v) is 6.61. The van der Waals surface area contributed by atoms with E-state index in [1.54, 1.807) is 20.8 Å². The summed E-state index contributed by atoms with van der Waals surface area (Å²) in [6.45, 7) is 7.12. The number of benzene rings is 1. The molecule has 110 valence electrons. The number of carbonyl (C=O) groups is 2. The van der Waals surface area contributed by atoms with E-state index in [0.29, 0.717) is 0 Å². The summed E-state index contributed by atoms with van der Waals surface area (Å²) in [6, 6.07) is 9.50. The van der Waals surface area contributed by atoms with Crippen molar-refractivity contribution < 1.29 is 14.3 Å². The molecule has 2 N–H and O–H groups in total. The maximum Gasteiger partial charge on any atom is 0.414 e. The van der Waals surface area contributed by atoms with Gasteiger partial charge in [-0.2, -0.15) is 0 Å². The fraction of sp³-hybridized carbons (Fsp3) is 0.467. The zero-order valence-corrected chi connectivity index (χ0v) is 12.4. The molecule has 0 radical (unpaired) electrons. The number of hydrogen-bond acceptors (Lipinski definition) is 4. The van der Waals surface area contributed by atoms with Crippen LogP contribution < -0.4 is 10.6 Å². The van der Waals surface area contributed by atoms with Gasteiger partial charge in [0.1, 0.15) is 5.60 Å². The summed E-state index contributed by atoms with van der Waals surface area (Å²) in [5, 5.41) is 5.39. The van der Waals surface area contributed by atoms with Gasteiger partial charge in [0.25, 0.3) is 0 Å². The van der Waals surface area contributed by atoms with Crippen molar-refractivity contribution in [2.45, 2.75) is 45.8 Å². The number of carbonyl (C=O) groups excluding carboxylic acids is 2. The molecule has 0 heterocycles. The first-order chi connectivity index (χ1) is 9.26. The smallest absolute Gasteiger partial charge is 0.414 e. The van der Waals surface area contributed by atoms with Crippen LogP contribution in [0.25, 0.3) is 0 Å². The third-order valence-electron chi connectivity index (χ3n) is 2.32. The molecule has 5 heteroatoms. The van der Waals surface area contributed by atoms with Gasteiger partial charge in [-0.05, 0) is 39.8 Å². The Hall–Kier alpha value is -2.04. The number of alkyl carbamates (subject to hydrolysis) is 1. The Labute approximate surface area is 119 Å². The van der Waals surface area contributed by atoms with Crippen molar-refractivity contribution in [2.75, 3.05) is 5.32 Å². The molecule has 0 aliphatic heterocycles. The molecule has 20 heavy (non-hydrogen) atoms. The number of amides is 2. The largest absolute Gasteiger partial charge is 0.444 e. The number of rotatable bonds is 4. The van der Waals surface area contributed by atoms with E-state index in [1.165, 1.54) is 0 Å². The van der Waals surface area contributed by atoms with Gasteiger partial charge in [0.15, 0.2) is 0 Å². The lowest BCUT2D eigenvalue weighted by atomic mass is 10.2. The first kappa shape index (κ1) is 16.0. The SMILES string of the molecule is C[C@H](CC(=O)NC(=O)OC(C)(C)C)Nc1ccccc1. The van der Waals surface area contributed by atoms with Crippen LogP contribution in [0.5, 0.6) is 0 Å². The van der Waals surface area contributed by atoms with Crippen molar-refractivity contribution in [3.05, 3.63) is 30.3 Å². The average molecular weight is 278 g/mol. The summed E-state index contributed by atoms with van der Waals surface area (Å²) >= 11 is 0. The number of anilines is 1. The van der Waals surface area contributed by atoms with E-state index in [0.717, 1.165) is 5.69 Å². The van der Waals surface area contributed by atoms with E-state index in [-0.39, 0.29) is 18.4 Å². The van der Waals surface area contributed by atoms with E-state index in [4.69, 9.17) is 4.74 Å². The Balaban J connectivity index is 2.37. The lowest BCUT2D eigenvalue weighted by molar-refractivity contribution is -0.120. The number of ether oxygens (including phenoxy) is 1. The van der Waals surface area contributed by atoms with Crippen molar-refractivity contribution in [1.82, 2.24) is 5.32 Å². The number of hydrogen-bond donors (Lipinski definition) is 2. The molecule has 1 aromatic carbocycles. The van der Waals surface area contributed by atoms with Crippen molar-refractivity contribution >= 4 is 17.7 Å². The second-order valence-corrected chi connectivity index (χ2v) is 5.67. The van der Waals surface area contributed by atoms with Crippen molar-refractivity contribution in [2.24, 2.45) is 0 Å². The molecule has 0 saturated carbocycles. The average Bonchev–Trinajstić information content (AvgIpc) is 2.26. The van der Waals surface area contributed by atoms with Gasteiger partial charge >= 0.3 is 6.09 Å². The number of imide groups is 1. The van der Waals surface area contributed by atoms with Crippen LogP contribution in [0.15, 0.2) is 30.3 Å². The molecule has 0 saturated heterocycles. The van der Waals surface area contributed by atoms with E-state index in [1.807, 2.05) is 37.3 Å². The molecule has 0 aromatic heterocycles. The van der Waals surface area contributed by atoms with E-state index >= 15 is 0 Å². The quantitative estimate of drug-likeness (QED) is 0.888. The molecular formula is C15H22N2O3. The van der Waals surface area contributed by atoms with Crippen LogP contribution in [0.4, 0.5) is 10.5 Å². The predicted octanol–water partition coefficient (Wildman–Crippen LogP) is 2.93. The van der Waals surface area contributed by atoms with Gasteiger partial charge in [-0.25, -0.2) is 4.79 Å². The van der Waals surface area contributed by atoms with Gasteiger partial charge < -0.3 is 10.1 Å². The molecule has 2 amide bonds. The molecular weight excluding hydrogens is 256 g/mol. The second kappa shape index (κ2) is 6.93. The normalized spacial score (nSPS) is 12.4. The molecule has 5 nitrogen and oxygen atoms in total. The lowest BCUT2D eigenvalue weighted by Crippen LogP contribution is -2.38. The summed E-state index contributed by atoms with van der Waals surface area (Å²) in [4.78, 5) is 23.1. The van der Waals surface area contributed by atoms with Gasteiger partial charge in [0.05, 0.1) is 0 Å². The summed E-state index contributed by atoms with van der Waals surface area (Å²) in [6.07, 6.45) is -0.525. The summed E-state index contributed by atoms with van der Waals surface area (Å²) in [5.74, 6) is -0.366. The fourth-order valence-corrected chi connectivity index (χ4v) is 1.62. The monoisotopic (exact) mass is 278 g/mol. The molecule has 0 spiro atoms. The Morgan fingerprint density at radius 1 is 1.20 bits per heavy atom. The molecule has 0 aliphatic rings. The highest BCUT2D eigenvalue weighted by Gasteiger charge is 2.19. The van der Waals surface area contributed by atoms with Crippen molar-refractivity contribution in [1.29, 1.82) is 0 Å². The molecule has 0 fully saturated rings. The van der Waals surface area contributed by atoms with Gasteiger partial charge in [-0.1, -0.05) is 18.2 Å². The van der Waals surface area contributed by atoms with Crippen molar-refractivity contribution in [3.63, 3.8) is 0 Å². The second-order valence-electron chi connectivity index (χ2n) is 5.67. The highest BCUT2D eigenvalue weighted by Crippen LogP contribution is 2.09. The summed E-state index contributed by atoms with van der Waals surface area (Å²) in [7, 11) is 0. The fourth-order valence-electron chi connectivity index (χ4n) is 1.62. The Kier molecular flexibility index (Phi) is 5.55. The van der Waals surface area contributed by atoms with Gasteiger partial charge in [0, 0.05) is 18.2 Å². The van der Waals surface area contributed by atoms with Gasteiger partial charge in [-0.3, -0.25) is 10.1 Å². The zero-order chi connectivity index (χ0) is 15.2. The van der Waals surface area contributed by atoms with Crippen LogP contribution in [0.3, 0.4) is 0 Å². The van der Waals surface area contributed by atoms with Gasteiger partial charge in [0.2, 0.25) is 5.91 Å². The maximum absolute atomic E-state index is 11.7. The predicted molar refractivity (Wildman–Crippen MR) is 78.5 cm³/mol. The van der Waals surface area contributed by atoms with E-state index < -0.39 is 11.7 Å². The zero-order valence-electron chi connectivity index (χ0n) is 12.4. The van der Waals surface area contributed by atoms with Crippen LogP contribution in [0.1, 0.15) is 34.1 Å². The van der Waals surface area contributed by atoms with Crippen LogP contribution in [-0.2, 0) is 9.53 Å². The van der Waals surface area contributed by atoms with Crippen molar-refractivity contribution in [3.8, 4) is 0 Å². The summed E-state index contributed by atoms with van der Waals surface area (Å²) < 4.78 is 5.02. The Morgan fingerprint density at radius 2 is 1.80 bits per heavy atom. The maximum atomic E-state index is 11.7. The molecule has 1 aromatic rings. The topological polar surface area (TPSA) is 67.4 Å². The highest BCUT2D eigenvalue weighted by atomic mass is 16.6. The number of nitrogens with one attached hydrogen (secondary N) is 2. The third-order valence-corrected chi connectivity index (χ3v) is 2.32. The minimum Gasteiger partial charge on any atom is -0.444 e. The minimum absolute atomic E-state index is 0.0835. The van der Waals surface area contributed by atoms with Gasteiger partial charge in [-0.15, -0.1) is 0 Å². The van der Waals surface area contributed by atoms with Crippen LogP contribution in [-0.4, -0.2) is 23.6 Å². The molecule has 0 aliphatic carbocycles. The molecule has 0 bridgehead atoms. The number of para-hydroxylation sites is 1. The highest BCUT2D eigenvalue weighted by molar-refractivity contribution is 5.92. The standard InChI is InChI=1S/C15H22N2O3/c1-11(16-12-8-6-5-7-9-12)10-13(18)17-14(19)20-15(2,3)4/h5-9,11,16H,10H2,1-4H3,(H,17,18,19)/t11-/m1/s1. The first-order valence-electron chi connectivity index (χ1n) is 6.61. The lowest BCUT2D eigenvalue weighted by Gasteiger charge is -2.20. The van der Waals surface area contributed by atoms with E-state index in [9.17, 15) is 9.59 Å². The van der Waals surface area contributed by atoms with E-state index in [2.05, 4.69) is 10.6 Å².